The van der Waals surface area contributed by atoms with Crippen LogP contribution >= 0.6 is 0 Å². The van der Waals surface area contributed by atoms with Gasteiger partial charge in [-0.05, 0) is 36.4 Å². The summed E-state index contributed by atoms with van der Waals surface area (Å²) in [5, 5.41) is 3.88. The molecule has 2 aromatic carbocycles. The average molecular weight is 471 g/mol. The fraction of sp³-hybridized carbons (Fsp3) is 0.263. The van der Waals surface area contributed by atoms with Crippen LogP contribution in [0.3, 0.4) is 0 Å². The van der Waals surface area contributed by atoms with Gasteiger partial charge in [0.1, 0.15) is 6.61 Å². The predicted octanol–water partition coefficient (Wildman–Crippen LogP) is 2.95. The van der Waals surface area contributed by atoms with Crippen LogP contribution in [0.4, 0.5) is 13.2 Å². The first kappa shape index (κ1) is 21.9. The highest BCUT2D eigenvalue weighted by Crippen LogP contribution is 2.37. The van der Waals surface area contributed by atoms with E-state index in [0.717, 1.165) is 18.2 Å². The first-order chi connectivity index (χ1) is 15.2. The van der Waals surface area contributed by atoms with Crippen molar-refractivity contribution >= 4 is 10.0 Å². The molecule has 0 N–H and O–H groups in total. The van der Waals surface area contributed by atoms with E-state index in [9.17, 15) is 21.6 Å². The normalized spacial score (nSPS) is 13.4. The zero-order valence-corrected chi connectivity index (χ0v) is 17.3. The van der Waals surface area contributed by atoms with Gasteiger partial charge in [-0.2, -0.15) is 26.6 Å². The molecule has 0 unspecified atom stereocenters. The molecule has 4 rings (SSSR count). The van der Waals surface area contributed by atoms with Crippen LogP contribution in [-0.4, -0.2) is 49.7 Å². The first-order valence-corrected chi connectivity index (χ1v) is 10.6. The van der Waals surface area contributed by atoms with Crippen molar-refractivity contribution in [3.05, 3.63) is 48.0 Å². The van der Waals surface area contributed by atoms with Crippen molar-refractivity contribution in [1.82, 2.24) is 14.2 Å². The quantitative estimate of drug-likeness (QED) is 0.485. The molecule has 2 heterocycles. The van der Waals surface area contributed by atoms with Crippen LogP contribution in [0.2, 0.25) is 0 Å². The molecule has 0 amide bonds. The van der Waals surface area contributed by atoms with E-state index in [1.165, 1.54) is 19.2 Å². The average Bonchev–Trinajstić information content (AvgIpc) is 3.40. The van der Waals surface area contributed by atoms with E-state index < -0.39 is 26.7 Å². The lowest BCUT2D eigenvalue weighted by molar-refractivity contribution is -0.137. The van der Waals surface area contributed by atoms with Crippen LogP contribution < -0.4 is 14.2 Å². The summed E-state index contributed by atoms with van der Waals surface area (Å²) in [5.41, 5.74) is -0.834. The van der Waals surface area contributed by atoms with E-state index in [0.29, 0.717) is 21.7 Å². The minimum Gasteiger partial charge on any atom is -0.460 e. The molecule has 1 aliphatic rings. The van der Waals surface area contributed by atoms with Crippen molar-refractivity contribution in [1.29, 1.82) is 0 Å². The largest absolute Gasteiger partial charge is 0.460 e. The summed E-state index contributed by atoms with van der Waals surface area (Å²) in [6.07, 6.45) is -4.72. The molecule has 0 saturated carbocycles. The summed E-state index contributed by atoms with van der Waals surface area (Å²) in [6.45, 7) is 0.221. The number of ether oxygens (including phenoxy) is 4. The molecule has 0 radical (unpaired) electrons. The Morgan fingerprint density at radius 3 is 2.62 bits per heavy atom. The van der Waals surface area contributed by atoms with E-state index in [1.54, 1.807) is 6.07 Å². The van der Waals surface area contributed by atoms with Crippen LogP contribution in [0, 0.1) is 0 Å². The first-order valence-electron chi connectivity index (χ1n) is 9.12. The van der Waals surface area contributed by atoms with Gasteiger partial charge in [0, 0.05) is 12.7 Å². The number of rotatable bonds is 7. The van der Waals surface area contributed by atoms with Crippen molar-refractivity contribution in [3.8, 4) is 28.9 Å². The van der Waals surface area contributed by atoms with E-state index in [1.807, 2.05) is 0 Å². The fourth-order valence-corrected chi connectivity index (χ4v) is 4.15. The Bertz CT molecular complexity index is 1240. The SMILES string of the molecule is COCCOc1nc(-c2ccc3c(c2)OCO3)n(S(=O)(=O)c2cccc(C(F)(F)F)c2)n1. The number of nitrogens with zero attached hydrogens (tertiary/aromatic N) is 3. The third-order valence-corrected chi connectivity index (χ3v) is 5.95. The molecule has 0 saturated heterocycles. The number of halogens is 3. The second kappa shape index (κ2) is 8.31. The third kappa shape index (κ3) is 4.21. The molecule has 0 atom stereocenters. The van der Waals surface area contributed by atoms with Crippen LogP contribution in [0.15, 0.2) is 47.4 Å². The maximum Gasteiger partial charge on any atom is 0.416 e. The molecule has 1 aliphatic heterocycles. The van der Waals surface area contributed by atoms with Crippen molar-refractivity contribution in [3.63, 3.8) is 0 Å². The van der Waals surface area contributed by atoms with Gasteiger partial charge in [-0.25, -0.2) is 0 Å². The Labute approximate surface area is 180 Å². The Morgan fingerprint density at radius 1 is 1.09 bits per heavy atom. The van der Waals surface area contributed by atoms with E-state index in [2.05, 4.69) is 10.1 Å². The summed E-state index contributed by atoms with van der Waals surface area (Å²) >= 11 is 0. The third-order valence-electron chi connectivity index (χ3n) is 4.40. The molecule has 1 aromatic heterocycles. The smallest absolute Gasteiger partial charge is 0.416 e. The summed E-state index contributed by atoms with van der Waals surface area (Å²) in [6, 6.07) is 7.64. The highest BCUT2D eigenvalue weighted by Gasteiger charge is 2.33. The number of hydrogen-bond donors (Lipinski definition) is 0. The number of benzene rings is 2. The second-order valence-corrected chi connectivity index (χ2v) is 8.27. The molecule has 0 aliphatic carbocycles. The summed E-state index contributed by atoms with van der Waals surface area (Å²) in [7, 11) is -3.11. The summed E-state index contributed by atoms with van der Waals surface area (Å²) in [4.78, 5) is 3.51. The summed E-state index contributed by atoms with van der Waals surface area (Å²) < 4.78 is 87.1. The van der Waals surface area contributed by atoms with Crippen molar-refractivity contribution < 1.29 is 40.5 Å². The van der Waals surface area contributed by atoms with Gasteiger partial charge in [0.25, 0.3) is 10.0 Å². The number of aromatic nitrogens is 3. The Morgan fingerprint density at radius 2 is 1.88 bits per heavy atom. The van der Waals surface area contributed by atoms with E-state index in [4.69, 9.17) is 18.9 Å². The minimum atomic E-state index is -4.72. The lowest BCUT2D eigenvalue weighted by Gasteiger charge is -2.11. The Balaban J connectivity index is 1.81. The van der Waals surface area contributed by atoms with Crippen molar-refractivity contribution in [2.24, 2.45) is 0 Å². The summed E-state index contributed by atoms with van der Waals surface area (Å²) in [5.74, 6) is 0.639. The lowest BCUT2D eigenvalue weighted by Crippen LogP contribution is -2.17. The van der Waals surface area contributed by atoms with Crippen LogP contribution in [0.1, 0.15) is 5.56 Å². The molecule has 9 nitrogen and oxygen atoms in total. The monoisotopic (exact) mass is 471 g/mol. The number of methoxy groups -OCH3 is 1. The number of fused-ring (bicyclic) bond motifs is 1. The van der Waals surface area contributed by atoms with E-state index in [-0.39, 0.29) is 37.4 Å². The van der Waals surface area contributed by atoms with Gasteiger partial charge < -0.3 is 18.9 Å². The van der Waals surface area contributed by atoms with Gasteiger partial charge in [-0.1, -0.05) is 11.2 Å². The Hall–Kier alpha value is -3.32. The molecule has 13 heteroatoms. The highest BCUT2D eigenvalue weighted by molar-refractivity contribution is 7.90. The van der Waals surface area contributed by atoms with Gasteiger partial charge >= 0.3 is 12.2 Å². The number of hydrogen-bond acceptors (Lipinski definition) is 8. The topological polar surface area (TPSA) is 102 Å². The van der Waals surface area contributed by atoms with Crippen LogP contribution in [0.5, 0.6) is 17.5 Å². The minimum absolute atomic E-state index is 0.000606. The highest BCUT2D eigenvalue weighted by atomic mass is 32.2. The molecule has 32 heavy (non-hydrogen) atoms. The van der Waals surface area contributed by atoms with Crippen LogP contribution in [-0.2, 0) is 20.9 Å². The zero-order valence-electron chi connectivity index (χ0n) is 16.5. The van der Waals surface area contributed by atoms with Gasteiger partial charge in [-0.15, -0.1) is 4.09 Å². The predicted molar refractivity (Wildman–Crippen MR) is 103 cm³/mol. The van der Waals surface area contributed by atoms with E-state index >= 15 is 0 Å². The van der Waals surface area contributed by atoms with Gasteiger partial charge in [0.2, 0.25) is 6.79 Å². The number of alkyl halides is 3. The van der Waals surface area contributed by atoms with Crippen molar-refractivity contribution in [2.75, 3.05) is 27.1 Å². The maximum atomic E-state index is 13.2. The standard InChI is InChI=1S/C19H16F3N3O6S/c1-28-7-8-29-18-23-17(12-5-6-15-16(9-12)31-11-30-15)25(24-18)32(26,27)14-4-2-3-13(10-14)19(20,21)22/h2-6,9-10H,7-8,11H2,1H3. The second-order valence-electron chi connectivity index (χ2n) is 6.50. The fourth-order valence-electron chi connectivity index (χ4n) is 2.87. The molecule has 170 valence electrons. The van der Waals surface area contributed by atoms with Gasteiger partial charge in [0.05, 0.1) is 17.1 Å². The van der Waals surface area contributed by atoms with Gasteiger partial charge in [0.15, 0.2) is 17.3 Å². The molecular formula is C19H16F3N3O6S. The lowest BCUT2D eigenvalue weighted by atomic mass is 10.2. The molecule has 0 spiro atoms. The molecular weight excluding hydrogens is 455 g/mol. The van der Waals surface area contributed by atoms with Crippen molar-refractivity contribution in [2.45, 2.75) is 11.1 Å². The van der Waals surface area contributed by atoms with Crippen LogP contribution in [0.25, 0.3) is 11.4 Å². The van der Waals surface area contributed by atoms with Gasteiger partial charge in [-0.3, -0.25) is 0 Å². The Kier molecular flexibility index (Phi) is 5.69. The molecule has 0 bridgehead atoms. The zero-order chi connectivity index (χ0) is 22.9. The molecule has 0 fully saturated rings. The maximum absolute atomic E-state index is 13.2. The molecule has 3 aromatic rings.